The molecule has 0 saturated carbocycles. The first-order valence-electron chi connectivity index (χ1n) is 5.24. The van der Waals surface area contributed by atoms with Crippen molar-refractivity contribution in [2.24, 2.45) is 5.73 Å². The van der Waals surface area contributed by atoms with Crippen LogP contribution in [-0.2, 0) is 12.3 Å². The summed E-state index contributed by atoms with van der Waals surface area (Å²) < 4.78 is 32.6. The number of benzene rings is 1. The Morgan fingerprint density at radius 2 is 2.06 bits per heavy atom. The molecule has 0 bridgehead atoms. The molecule has 0 amide bonds. The molecule has 0 fully saturated rings. The van der Waals surface area contributed by atoms with E-state index in [1.807, 2.05) is 6.92 Å². The largest absolute Gasteiger partial charge is 0.496 e. The first-order valence-corrected chi connectivity index (χ1v) is 5.24. The van der Waals surface area contributed by atoms with Gasteiger partial charge in [0.25, 0.3) is 5.92 Å². The molecule has 16 heavy (non-hydrogen) atoms. The maximum Gasteiger partial charge on any atom is 0.291 e. The van der Waals surface area contributed by atoms with Crippen LogP contribution in [0.25, 0.3) is 0 Å². The molecule has 0 aliphatic rings. The molecule has 90 valence electrons. The molecule has 1 aromatic carbocycles. The van der Waals surface area contributed by atoms with Gasteiger partial charge in [0.05, 0.1) is 18.7 Å². The Morgan fingerprint density at radius 3 is 2.50 bits per heavy atom. The molecule has 4 heteroatoms. The highest BCUT2D eigenvalue weighted by Gasteiger charge is 2.39. The highest BCUT2D eigenvalue weighted by Crippen LogP contribution is 2.37. The smallest absolute Gasteiger partial charge is 0.291 e. The first kappa shape index (κ1) is 12.9. The number of ether oxygens (including phenoxy) is 1. The molecule has 2 nitrogen and oxygen atoms in total. The number of hydrogen-bond acceptors (Lipinski definition) is 2. The van der Waals surface area contributed by atoms with Gasteiger partial charge in [0, 0.05) is 0 Å². The second-order valence-electron chi connectivity index (χ2n) is 3.80. The van der Waals surface area contributed by atoms with Crippen molar-refractivity contribution >= 4 is 0 Å². The predicted molar refractivity (Wildman–Crippen MR) is 59.9 cm³/mol. The zero-order valence-corrected chi connectivity index (χ0v) is 9.76. The summed E-state index contributed by atoms with van der Waals surface area (Å²) in [7, 11) is 1.38. The number of halogens is 2. The summed E-state index contributed by atoms with van der Waals surface area (Å²) in [5.74, 6) is -2.89. The third-order valence-electron chi connectivity index (χ3n) is 2.60. The van der Waals surface area contributed by atoms with Crippen molar-refractivity contribution in [3.63, 3.8) is 0 Å². The fourth-order valence-electron chi connectivity index (χ4n) is 1.48. The van der Waals surface area contributed by atoms with Crippen LogP contribution in [0.1, 0.15) is 25.0 Å². The average molecular weight is 229 g/mol. The van der Waals surface area contributed by atoms with Gasteiger partial charge in [-0.05, 0) is 31.0 Å². The zero-order valence-electron chi connectivity index (χ0n) is 9.76. The van der Waals surface area contributed by atoms with Gasteiger partial charge >= 0.3 is 0 Å². The Bertz CT molecular complexity index is 364. The van der Waals surface area contributed by atoms with E-state index < -0.39 is 12.0 Å². The standard InChI is InChI=1S/C12H17F2NO/c1-4-9-5-6-11(16-3)10(7-9)12(13,14)8(2)15/h5-8H,4,15H2,1-3H3. The van der Waals surface area contributed by atoms with Crippen LogP contribution in [-0.4, -0.2) is 13.2 Å². The van der Waals surface area contributed by atoms with Crippen molar-refractivity contribution in [1.29, 1.82) is 0 Å². The molecular formula is C12H17F2NO. The van der Waals surface area contributed by atoms with Crippen LogP contribution in [0.4, 0.5) is 8.78 Å². The van der Waals surface area contributed by atoms with E-state index in [9.17, 15) is 8.78 Å². The van der Waals surface area contributed by atoms with Crippen LogP contribution in [0.3, 0.4) is 0 Å². The van der Waals surface area contributed by atoms with Crippen molar-refractivity contribution in [1.82, 2.24) is 0 Å². The Labute approximate surface area is 94.4 Å². The molecular weight excluding hydrogens is 212 g/mol. The summed E-state index contributed by atoms with van der Waals surface area (Å²) in [5, 5.41) is 0. The molecule has 0 aliphatic heterocycles. The Morgan fingerprint density at radius 1 is 1.44 bits per heavy atom. The maximum atomic E-state index is 13.8. The summed E-state index contributed by atoms with van der Waals surface area (Å²) in [5.41, 5.74) is 6.02. The topological polar surface area (TPSA) is 35.2 Å². The molecule has 1 rings (SSSR count). The van der Waals surface area contributed by atoms with E-state index in [2.05, 4.69) is 0 Å². The van der Waals surface area contributed by atoms with Crippen molar-refractivity contribution in [2.75, 3.05) is 7.11 Å². The summed E-state index contributed by atoms with van der Waals surface area (Å²) in [6.45, 7) is 3.20. The number of rotatable bonds is 4. The summed E-state index contributed by atoms with van der Waals surface area (Å²) >= 11 is 0. The van der Waals surface area contributed by atoms with E-state index in [0.717, 1.165) is 5.56 Å². The lowest BCUT2D eigenvalue weighted by Gasteiger charge is -2.23. The third-order valence-corrected chi connectivity index (χ3v) is 2.60. The highest BCUT2D eigenvalue weighted by atomic mass is 19.3. The van der Waals surface area contributed by atoms with Crippen LogP contribution in [0.15, 0.2) is 18.2 Å². The van der Waals surface area contributed by atoms with Crippen molar-refractivity contribution in [3.8, 4) is 5.75 Å². The molecule has 0 spiro atoms. The first-order chi connectivity index (χ1) is 7.43. The monoisotopic (exact) mass is 229 g/mol. The lowest BCUT2D eigenvalue weighted by Crippen LogP contribution is -2.36. The van der Waals surface area contributed by atoms with Gasteiger partial charge in [0.15, 0.2) is 0 Å². The second-order valence-corrected chi connectivity index (χ2v) is 3.80. The van der Waals surface area contributed by atoms with Crippen LogP contribution in [0.2, 0.25) is 0 Å². The van der Waals surface area contributed by atoms with E-state index in [1.165, 1.54) is 20.1 Å². The molecule has 2 N–H and O–H groups in total. The van der Waals surface area contributed by atoms with Gasteiger partial charge < -0.3 is 10.5 Å². The van der Waals surface area contributed by atoms with Crippen LogP contribution >= 0.6 is 0 Å². The summed E-state index contributed by atoms with van der Waals surface area (Å²) in [4.78, 5) is 0. The van der Waals surface area contributed by atoms with Gasteiger partial charge in [0.1, 0.15) is 5.75 Å². The minimum atomic E-state index is -3.07. The van der Waals surface area contributed by atoms with Crippen molar-refractivity contribution in [3.05, 3.63) is 29.3 Å². The lowest BCUT2D eigenvalue weighted by molar-refractivity contribution is -0.0276. The summed E-state index contributed by atoms with van der Waals surface area (Å²) in [6.07, 6.45) is 0.700. The van der Waals surface area contributed by atoms with Gasteiger partial charge in [-0.3, -0.25) is 0 Å². The number of aryl methyl sites for hydroxylation is 1. The lowest BCUT2D eigenvalue weighted by atomic mass is 9.98. The fraction of sp³-hybridized carbons (Fsp3) is 0.500. The number of alkyl halides is 2. The average Bonchev–Trinajstić information content (AvgIpc) is 2.27. The molecule has 0 heterocycles. The molecule has 1 unspecified atom stereocenters. The van der Waals surface area contributed by atoms with E-state index in [4.69, 9.17) is 10.5 Å². The minimum absolute atomic E-state index is 0.135. The Hall–Kier alpha value is -1.16. The van der Waals surface area contributed by atoms with Gasteiger partial charge in [-0.15, -0.1) is 0 Å². The van der Waals surface area contributed by atoms with Gasteiger partial charge in [-0.1, -0.05) is 13.0 Å². The SMILES string of the molecule is CCc1ccc(OC)c(C(F)(F)C(C)N)c1. The summed E-state index contributed by atoms with van der Waals surface area (Å²) in [6, 6.07) is 3.56. The maximum absolute atomic E-state index is 13.8. The number of methoxy groups -OCH3 is 1. The number of hydrogen-bond donors (Lipinski definition) is 1. The van der Waals surface area contributed by atoms with Crippen LogP contribution in [0, 0.1) is 0 Å². The fourth-order valence-corrected chi connectivity index (χ4v) is 1.48. The minimum Gasteiger partial charge on any atom is -0.496 e. The van der Waals surface area contributed by atoms with Crippen LogP contribution in [0.5, 0.6) is 5.75 Å². The van der Waals surface area contributed by atoms with E-state index in [-0.39, 0.29) is 11.3 Å². The van der Waals surface area contributed by atoms with Gasteiger partial charge in [0.2, 0.25) is 0 Å². The van der Waals surface area contributed by atoms with Crippen molar-refractivity contribution in [2.45, 2.75) is 32.2 Å². The quantitative estimate of drug-likeness (QED) is 0.861. The van der Waals surface area contributed by atoms with Gasteiger partial charge in [-0.25, -0.2) is 0 Å². The molecule has 0 aliphatic carbocycles. The molecule has 0 radical (unpaired) electrons. The van der Waals surface area contributed by atoms with E-state index in [1.54, 1.807) is 12.1 Å². The predicted octanol–water partition coefficient (Wildman–Crippen LogP) is 2.70. The highest BCUT2D eigenvalue weighted by molar-refractivity contribution is 5.41. The molecule has 0 aromatic heterocycles. The number of nitrogens with two attached hydrogens (primary N) is 1. The van der Waals surface area contributed by atoms with Crippen molar-refractivity contribution < 1.29 is 13.5 Å². The third kappa shape index (κ3) is 2.32. The Balaban J connectivity index is 3.28. The zero-order chi connectivity index (χ0) is 12.3. The molecule has 0 saturated heterocycles. The van der Waals surface area contributed by atoms with E-state index >= 15 is 0 Å². The Kier molecular flexibility index (Phi) is 3.86. The molecule has 1 aromatic rings. The second kappa shape index (κ2) is 4.78. The van der Waals surface area contributed by atoms with Crippen LogP contribution < -0.4 is 10.5 Å². The normalized spacial score (nSPS) is 13.6. The molecule has 1 atom stereocenters. The van der Waals surface area contributed by atoms with Gasteiger partial charge in [-0.2, -0.15) is 8.78 Å². The van der Waals surface area contributed by atoms with E-state index in [0.29, 0.717) is 6.42 Å².